The van der Waals surface area contributed by atoms with E-state index in [0.717, 1.165) is 11.1 Å². The molecule has 1 N–H and O–H groups in total. The highest BCUT2D eigenvalue weighted by Crippen LogP contribution is 2.39. The van der Waals surface area contributed by atoms with Crippen LogP contribution in [0.3, 0.4) is 0 Å². The molecule has 27 heavy (non-hydrogen) atoms. The van der Waals surface area contributed by atoms with E-state index in [1.165, 1.54) is 6.08 Å². The Balaban J connectivity index is 2.08. The number of carbonyl (C=O) groups is 1. The molecule has 3 rings (SSSR count). The van der Waals surface area contributed by atoms with Crippen LogP contribution >= 0.6 is 11.6 Å². The summed E-state index contributed by atoms with van der Waals surface area (Å²) in [5.74, 6) is 1.62. The van der Waals surface area contributed by atoms with E-state index < -0.39 is 0 Å². The second-order valence-corrected chi connectivity index (χ2v) is 6.10. The fourth-order valence-electron chi connectivity index (χ4n) is 2.60. The average molecular weight is 380 g/mol. The SMILES string of the molecule is C=CC(=O)Nc1ccc(OC)cc1-c1ccccc1Oc1cccc(Cl)c1. The van der Waals surface area contributed by atoms with E-state index in [4.69, 9.17) is 21.1 Å². The highest BCUT2D eigenvalue weighted by atomic mass is 35.5. The van der Waals surface area contributed by atoms with Crippen molar-refractivity contribution < 1.29 is 14.3 Å². The van der Waals surface area contributed by atoms with Gasteiger partial charge in [0.2, 0.25) is 5.91 Å². The minimum absolute atomic E-state index is 0.297. The van der Waals surface area contributed by atoms with Crippen LogP contribution in [-0.4, -0.2) is 13.0 Å². The van der Waals surface area contributed by atoms with Crippen LogP contribution in [0, 0.1) is 0 Å². The van der Waals surface area contributed by atoms with Gasteiger partial charge in [0.1, 0.15) is 17.2 Å². The van der Waals surface area contributed by atoms with Crippen molar-refractivity contribution in [3.8, 4) is 28.4 Å². The van der Waals surface area contributed by atoms with Crippen molar-refractivity contribution in [1.29, 1.82) is 0 Å². The van der Waals surface area contributed by atoms with Crippen LogP contribution in [0.5, 0.6) is 17.2 Å². The number of carbonyl (C=O) groups excluding carboxylic acids is 1. The summed E-state index contributed by atoms with van der Waals surface area (Å²) in [4.78, 5) is 11.8. The molecule has 3 aromatic carbocycles. The first-order valence-electron chi connectivity index (χ1n) is 8.25. The molecule has 3 aromatic rings. The van der Waals surface area contributed by atoms with Gasteiger partial charge in [0.15, 0.2) is 0 Å². The van der Waals surface area contributed by atoms with Crippen LogP contribution < -0.4 is 14.8 Å². The van der Waals surface area contributed by atoms with Crippen molar-refractivity contribution in [2.75, 3.05) is 12.4 Å². The van der Waals surface area contributed by atoms with E-state index in [1.54, 1.807) is 31.4 Å². The zero-order valence-corrected chi connectivity index (χ0v) is 15.5. The number of amides is 1. The van der Waals surface area contributed by atoms with E-state index in [2.05, 4.69) is 11.9 Å². The fourth-order valence-corrected chi connectivity index (χ4v) is 2.78. The molecule has 0 saturated heterocycles. The van der Waals surface area contributed by atoms with Crippen LogP contribution in [0.4, 0.5) is 5.69 Å². The molecule has 0 heterocycles. The molecule has 0 saturated carbocycles. The van der Waals surface area contributed by atoms with Gasteiger partial charge in [-0.2, -0.15) is 0 Å². The number of nitrogens with one attached hydrogen (secondary N) is 1. The molecule has 1 amide bonds. The molecular weight excluding hydrogens is 362 g/mol. The van der Waals surface area contributed by atoms with E-state index in [1.807, 2.05) is 42.5 Å². The smallest absolute Gasteiger partial charge is 0.247 e. The van der Waals surface area contributed by atoms with E-state index >= 15 is 0 Å². The molecule has 5 heteroatoms. The lowest BCUT2D eigenvalue weighted by Gasteiger charge is -2.16. The molecule has 0 atom stereocenters. The predicted molar refractivity (Wildman–Crippen MR) is 109 cm³/mol. The van der Waals surface area contributed by atoms with Gasteiger partial charge >= 0.3 is 0 Å². The van der Waals surface area contributed by atoms with Gasteiger partial charge in [0.25, 0.3) is 0 Å². The Labute approximate surface area is 163 Å². The number of methoxy groups -OCH3 is 1. The summed E-state index contributed by atoms with van der Waals surface area (Å²) in [6.07, 6.45) is 1.22. The Bertz CT molecular complexity index is 985. The standard InChI is InChI=1S/C22H18ClNO3/c1-3-22(25)24-20-12-11-16(26-2)14-19(20)18-9-4-5-10-21(18)27-17-8-6-7-15(23)13-17/h3-14H,1H2,2H3,(H,24,25). The maximum absolute atomic E-state index is 11.8. The van der Waals surface area contributed by atoms with E-state index in [-0.39, 0.29) is 5.91 Å². The summed E-state index contributed by atoms with van der Waals surface area (Å²) in [5.41, 5.74) is 2.20. The largest absolute Gasteiger partial charge is 0.497 e. The van der Waals surface area contributed by atoms with Crippen LogP contribution in [0.2, 0.25) is 5.02 Å². The van der Waals surface area contributed by atoms with Gasteiger partial charge in [-0.25, -0.2) is 0 Å². The number of benzene rings is 3. The first-order chi connectivity index (χ1) is 13.1. The Morgan fingerprint density at radius 2 is 1.81 bits per heavy atom. The van der Waals surface area contributed by atoms with Crippen LogP contribution in [0.15, 0.2) is 79.4 Å². The normalized spacial score (nSPS) is 10.1. The molecule has 0 bridgehead atoms. The first-order valence-corrected chi connectivity index (χ1v) is 8.63. The van der Waals surface area contributed by atoms with Gasteiger partial charge in [0, 0.05) is 21.8 Å². The molecule has 0 aliphatic heterocycles. The Morgan fingerprint density at radius 1 is 1.00 bits per heavy atom. The zero-order chi connectivity index (χ0) is 19.2. The van der Waals surface area contributed by atoms with E-state index in [0.29, 0.717) is 28.0 Å². The van der Waals surface area contributed by atoms with E-state index in [9.17, 15) is 4.79 Å². The van der Waals surface area contributed by atoms with Crippen LogP contribution in [0.25, 0.3) is 11.1 Å². The van der Waals surface area contributed by atoms with Crippen molar-refractivity contribution in [3.05, 3.63) is 84.4 Å². The Kier molecular flexibility index (Phi) is 5.79. The zero-order valence-electron chi connectivity index (χ0n) is 14.7. The Hall–Kier alpha value is -3.24. The summed E-state index contributed by atoms with van der Waals surface area (Å²) in [6, 6.07) is 20.1. The maximum Gasteiger partial charge on any atom is 0.247 e. The van der Waals surface area contributed by atoms with Gasteiger partial charge in [0.05, 0.1) is 7.11 Å². The lowest BCUT2D eigenvalue weighted by molar-refractivity contribution is -0.111. The van der Waals surface area contributed by atoms with Gasteiger partial charge in [-0.3, -0.25) is 4.79 Å². The minimum Gasteiger partial charge on any atom is -0.497 e. The molecule has 0 fully saturated rings. The number of halogens is 1. The second kappa shape index (κ2) is 8.43. The molecule has 0 aliphatic rings. The van der Waals surface area contributed by atoms with Crippen LogP contribution in [0.1, 0.15) is 0 Å². The monoisotopic (exact) mass is 379 g/mol. The molecule has 4 nitrogen and oxygen atoms in total. The number of hydrogen-bond acceptors (Lipinski definition) is 3. The topological polar surface area (TPSA) is 47.6 Å². The Morgan fingerprint density at radius 3 is 2.56 bits per heavy atom. The fraction of sp³-hybridized carbons (Fsp3) is 0.0455. The molecule has 136 valence electrons. The highest BCUT2D eigenvalue weighted by Gasteiger charge is 2.14. The molecular formula is C22H18ClNO3. The van der Waals surface area contributed by atoms with Gasteiger partial charge < -0.3 is 14.8 Å². The number of hydrogen-bond donors (Lipinski definition) is 1. The van der Waals surface area contributed by atoms with Crippen molar-refractivity contribution in [3.63, 3.8) is 0 Å². The number of anilines is 1. The van der Waals surface area contributed by atoms with Crippen molar-refractivity contribution in [2.45, 2.75) is 0 Å². The summed E-state index contributed by atoms with van der Waals surface area (Å²) < 4.78 is 11.4. The number of rotatable bonds is 6. The lowest BCUT2D eigenvalue weighted by atomic mass is 10.0. The quantitative estimate of drug-likeness (QED) is 0.540. The predicted octanol–water partition coefficient (Wildman–Crippen LogP) is 5.93. The third-order valence-electron chi connectivity index (χ3n) is 3.87. The lowest BCUT2D eigenvalue weighted by Crippen LogP contribution is -2.08. The molecule has 0 spiro atoms. The summed E-state index contributed by atoms with van der Waals surface area (Å²) in [5, 5.41) is 3.41. The van der Waals surface area contributed by atoms with Crippen LogP contribution in [-0.2, 0) is 4.79 Å². The summed E-state index contributed by atoms with van der Waals surface area (Å²) >= 11 is 6.05. The number of para-hydroxylation sites is 1. The highest BCUT2D eigenvalue weighted by molar-refractivity contribution is 6.30. The minimum atomic E-state index is -0.297. The summed E-state index contributed by atoms with van der Waals surface area (Å²) in [7, 11) is 1.59. The van der Waals surface area contributed by atoms with Crippen molar-refractivity contribution >= 4 is 23.2 Å². The van der Waals surface area contributed by atoms with Gasteiger partial charge in [-0.1, -0.05) is 42.4 Å². The first kappa shape index (κ1) is 18.5. The molecule has 0 unspecified atom stereocenters. The molecule has 0 aliphatic carbocycles. The van der Waals surface area contributed by atoms with Gasteiger partial charge in [-0.05, 0) is 48.5 Å². The van der Waals surface area contributed by atoms with Gasteiger partial charge in [-0.15, -0.1) is 0 Å². The average Bonchev–Trinajstić information content (AvgIpc) is 2.69. The number of ether oxygens (including phenoxy) is 2. The molecule has 0 aromatic heterocycles. The molecule has 0 radical (unpaired) electrons. The third kappa shape index (κ3) is 4.49. The second-order valence-electron chi connectivity index (χ2n) is 5.66. The maximum atomic E-state index is 11.8. The summed E-state index contributed by atoms with van der Waals surface area (Å²) in [6.45, 7) is 3.50. The van der Waals surface area contributed by atoms with Crippen molar-refractivity contribution in [1.82, 2.24) is 0 Å². The van der Waals surface area contributed by atoms with Crippen molar-refractivity contribution in [2.24, 2.45) is 0 Å². The third-order valence-corrected chi connectivity index (χ3v) is 4.11.